The van der Waals surface area contributed by atoms with Gasteiger partial charge in [-0.05, 0) is 44.4 Å². The van der Waals surface area contributed by atoms with Crippen molar-refractivity contribution in [2.45, 2.75) is 76.7 Å². The van der Waals surface area contributed by atoms with Crippen molar-refractivity contribution in [1.29, 1.82) is 0 Å². The summed E-state index contributed by atoms with van der Waals surface area (Å²) in [5.41, 5.74) is -0.114. The van der Waals surface area contributed by atoms with Crippen molar-refractivity contribution in [1.82, 2.24) is 5.32 Å². The molecule has 2 aliphatic rings. The molecule has 0 aromatic carbocycles. The molecule has 0 aromatic rings. The Bertz CT molecular complexity index is 289. The largest absolute Gasteiger partial charge is 0.349 e. The number of hydrogen-bond acceptors (Lipinski definition) is 1. The number of carbonyl (C=O) groups excluding carboxylic acids is 1. The summed E-state index contributed by atoms with van der Waals surface area (Å²) in [5.74, 6) is 1.86. The molecule has 0 atom stereocenters. The number of hydrogen-bond donors (Lipinski definition) is 1. The van der Waals surface area contributed by atoms with Gasteiger partial charge in [-0.3, -0.25) is 4.79 Å². The summed E-state index contributed by atoms with van der Waals surface area (Å²) in [4.78, 5) is 12.5. The van der Waals surface area contributed by atoms with E-state index in [-0.39, 0.29) is 17.4 Å². The average molecular weight is 286 g/mol. The van der Waals surface area contributed by atoms with E-state index in [1.54, 1.807) is 0 Å². The minimum Gasteiger partial charge on any atom is -0.349 e. The van der Waals surface area contributed by atoms with E-state index in [0.717, 1.165) is 31.6 Å². The Hall–Kier alpha value is -0.240. The van der Waals surface area contributed by atoms with Crippen molar-refractivity contribution in [2.75, 3.05) is 5.88 Å². The van der Waals surface area contributed by atoms with Crippen molar-refractivity contribution in [2.24, 2.45) is 11.8 Å². The Balaban J connectivity index is 1.91. The number of rotatable bonds is 3. The minimum atomic E-state index is -0.114. The highest BCUT2D eigenvalue weighted by Crippen LogP contribution is 2.33. The van der Waals surface area contributed by atoms with E-state index in [1.165, 1.54) is 38.5 Å². The quantitative estimate of drug-likeness (QED) is 0.609. The zero-order valence-corrected chi connectivity index (χ0v) is 13.0. The predicted molar refractivity (Wildman–Crippen MR) is 80.4 cm³/mol. The number of carbonyl (C=O) groups is 1. The van der Waals surface area contributed by atoms with Crippen LogP contribution < -0.4 is 5.32 Å². The number of alkyl halides is 1. The lowest BCUT2D eigenvalue weighted by Gasteiger charge is -2.39. The van der Waals surface area contributed by atoms with Crippen LogP contribution in [0.1, 0.15) is 71.1 Å². The molecule has 2 aliphatic carbocycles. The fraction of sp³-hybridized carbons (Fsp3) is 0.938. The van der Waals surface area contributed by atoms with Gasteiger partial charge in [-0.15, -0.1) is 11.6 Å². The van der Waals surface area contributed by atoms with Gasteiger partial charge in [0.2, 0.25) is 5.91 Å². The third-order valence-corrected chi connectivity index (χ3v) is 5.61. The molecule has 1 N–H and O–H groups in total. The van der Waals surface area contributed by atoms with E-state index in [9.17, 15) is 4.79 Å². The third-order valence-electron chi connectivity index (χ3n) is 5.10. The second-order valence-corrected chi connectivity index (χ2v) is 7.04. The zero-order valence-electron chi connectivity index (χ0n) is 12.2. The van der Waals surface area contributed by atoms with Crippen LogP contribution in [0.4, 0.5) is 0 Å². The van der Waals surface area contributed by atoms with Gasteiger partial charge in [0.15, 0.2) is 0 Å². The van der Waals surface area contributed by atoms with E-state index in [1.807, 2.05) is 0 Å². The molecule has 2 saturated carbocycles. The Labute approximate surface area is 122 Å². The maximum Gasteiger partial charge on any atom is 0.223 e. The highest BCUT2D eigenvalue weighted by Gasteiger charge is 2.36. The minimum absolute atomic E-state index is 0.114. The summed E-state index contributed by atoms with van der Waals surface area (Å²) in [6, 6.07) is 0. The van der Waals surface area contributed by atoms with Gasteiger partial charge in [0.05, 0.1) is 5.54 Å². The normalized spacial score (nSPS) is 33.7. The Morgan fingerprint density at radius 2 is 1.68 bits per heavy atom. The van der Waals surface area contributed by atoms with Gasteiger partial charge in [0.1, 0.15) is 0 Å². The fourth-order valence-electron chi connectivity index (χ4n) is 3.51. The molecule has 0 aromatic heterocycles. The van der Waals surface area contributed by atoms with E-state index >= 15 is 0 Å². The first kappa shape index (κ1) is 15.2. The van der Waals surface area contributed by atoms with Crippen LogP contribution in [0.15, 0.2) is 0 Å². The number of nitrogens with one attached hydrogen (secondary N) is 1. The molecule has 1 amide bonds. The molecule has 0 heterocycles. The van der Waals surface area contributed by atoms with Crippen LogP contribution in [0, 0.1) is 11.8 Å². The molecule has 0 unspecified atom stereocenters. The average Bonchev–Trinajstić information content (AvgIpc) is 2.71. The van der Waals surface area contributed by atoms with Gasteiger partial charge in [-0.25, -0.2) is 0 Å². The van der Waals surface area contributed by atoms with Crippen molar-refractivity contribution in [3.63, 3.8) is 0 Å². The van der Waals surface area contributed by atoms with Crippen molar-refractivity contribution < 1.29 is 4.79 Å². The number of halogens is 1. The van der Waals surface area contributed by atoms with Crippen LogP contribution in [-0.4, -0.2) is 17.3 Å². The van der Waals surface area contributed by atoms with Crippen molar-refractivity contribution in [3.8, 4) is 0 Å². The van der Waals surface area contributed by atoms with E-state index in [4.69, 9.17) is 11.6 Å². The highest BCUT2D eigenvalue weighted by molar-refractivity contribution is 6.18. The summed E-state index contributed by atoms with van der Waals surface area (Å²) in [7, 11) is 0. The lowest BCUT2D eigenvalue weighted by Crippen LogP contribution is -2.53. The van der Waals surface area contributed by atoms with E-state index in [0.29, 0.717) is 5.88 Å². The second kappa shape index (κ2) is 6.97. The Morgan fingerprint density at radius 1 is 1.11 bits per heavy atom. The SMILES string of the molecule is CC1CCC(CCl)(NC(=O)C2CCCCCC2)CC1. The highest BCUT2D eigenvalue weighted by atomic mass is 35.5. The molecule has 3 heteroatoms. The molecular weight excluding hydrogens is 258 g/mol. The molecule has 0 saturated heterocycles. The van der Waals surface area contributed by atoms with Crippen LogP contribution >= 0.6 is 11.6 Å². The molecule has 19 heavy (non-hydrogen) atoms. The van der Waals surface area contributed by atoms with Gasteiger partial charge in [0.25, 0.3) is 0 Å². The van der Waals surface area contributed by atoms with Crippen LogP contribution in [0.5, 0.6) is 0 Å². The standard InChI is InChI=1S/C16H28ClNO/c1-13-8-10-16(12-17,11-9-13)18-15(19)14-6-4-2-3-5-7-14/h13-14H,2-12H2,1H3,(H,18,19). The van der Waals surface area contributed by atoms with Crippen LogP contribution in [-0.2, 0) is 4.79 Å². The summed E-state index contributed by atoms with van der Waals surface area (Å²) in [6.07, 6.45) is 11.6. The second-order valence-electron chi connectivity index (χ2n) is 6.77. The number of amides is 1. The first-order valence-electron chi connectivity index (χ1n) is 8.03. The van der Waals surface area contributed by atoms with Crippen LogP contribution in [0.2, 0.25) is 0 Å². The monoisotopic (exact) mass is 285 g/mol. The molecule has 0 bridgehead atoms. The Kier molecular flexibility index (Phi) is 5.56. The zero-order chi connectivity index (χ0) is 13.7. The van der Waals surface area contributed by atoms with Gasteiger partial charge in [-0.1, -0.05) is 32.6 Å². The molecule has 0 radical (unpaired) electrons. The predicted octanol–water partition coefficient (Wildman–Crippen LogP) is 4.26. The molecular formula is C16H28ClNO. The molecule has 0 aliphatic heterocycles. The molecule has 2 fully saturated rings. The Morgan fingerprint density at radius 3 is 2.21 bits per heavy atom. The van der Waals surface area contributed by atoms with E-state index < -0.39 is 0 Å². The van der Waals surface area contributed by atoms with E-state index in [2.05, 4.69) is 12.2 Å². The lowest BCUT2D eigenvalue weighted by atomic mass is 9.78. The third kappa shape index (κ3) is 4.11. The first-order valence-corrected chi connectivity index (χ1v) is 8.57. The van der Waals surface area contributed by atoms with Gasteiger partial charge >= 0.3 is 0 Å². The summed E-state index contributed by atoms with van der Waals surface area (Å²) in [5, 5.41) is 3.33. The lowest BCUT2D eigenvalue weighted by molar-refractivity contribution is -0.127. The van der Waals surface area contributed by atoms with Crippen molar-refractivity contribution >= 4 is 17.5 Å². The first-order chi connectivity index (χ1) is 9.15. The van der Waals surface area contributed by atoms with Gasteiger partial charge in [-0.2, -0.15) is 0 Å². The topological polar surface area (TPSA) is 29.1 Å². The summed E-state index contributed by atoms with van der Waals surface area (Å²) >= 11 is 6.19. The fourth-order valence-corrected chi connectivity index (χ4v) is 3.85. The molecule has 0 spiro atoms. The maximum absolute atomic E-state index is 12.5. The van der Waals surface area contributed by atoms with Crippen LogP contribution in [0.25, 0.3) is 0 Å². The molecule has 110 valence electrons. The van der Waals surface area contributed by atoms with Crippen LogP contribution in [0.3, 0.4) is 0 Å². The smallest absolute Gasteiger partial charge is 0.223 e. The summed E-state index contributed by atoms with van der Waals surface area (Å²) < 4.78 is 0. The summed E-state index contributed by atoms with van der Waals surface area (Å²) in [6.45, 7) is 2.30. The molecule has 2 nitrogen and oxygen atoms in total. The van der Waals surface area contributed by atoms with Gasteiger partial charge in [0, 0.05) is 11.8 Å². The van der Waals surface area contributed by atoms with Gasteiger partial charge < -0.3 is 5.32 Å². The maximum atomic E-state index is 12.5. The molecule has 2 rings (SSSR count). The van der Waals surface area contributed by atoms with Crippen molar-refractivity contribution in [3.05, 3.63) is 0 Å².